The Hall–Kier alpha value is -2.50. The molecule has 2 aromatic rings. The van der Waals surface area contributed by atoms with E-state index in [9.17, 15) is 9.59 Å². The van der Waals surface area contributed by atoms with Crippen LogP contribution >= 0.6 is 0 Å². The molecule has 0 amide bonds. The second kappa shape index (κ2) is 7.62. The molecule has 0 bridgehead atoms. The summed E-state index contributed by atoms with van der Waals surface area (Å²) in [7, 11) is 0. The maximum absolute atomic E-state index is 12.2. The lowest BCUT2D eigenvalue weighted by Gasteiger charge is -2.21. The van der Waals surface area contributed by atoms with Gasteiger partial charge in [0, 0.05) is 5.92 Å². The van der Waals surface area contributed by atoms with Gasteiger partial charge in [-0.05, 0) is 43.0 Å². The van der Waals surface area contributed by atoms with Gasteiger partial charge in [0.2, 0.25) is 0 Å². The molecule has 0 saturated carbocycles. The van der Waals surface area contributed by atoms with Crippen LogP contribution in [0.15, 0.2) is 48.5 Å². The van der Waals surface area contributed by atoms with Crippen LogP contribution in [0.4, 0.5) is 0 Å². The molecule has 2 aromatic carbocycles. The van der Waals surface area contributed by atoms with E-state index < -0.39 is 23.4 Å². The zero-order valence-corrected chi connectivity index (χ0v) is 15.9. The van der Waals surface area contributed by atoms with Gasteiger partial charge in [0.1, 0.15) is 6.61 Å². The molecular formula is C22H25NO4. The van der Waals surface area contributed by atoms with Crippen molar-refractivity contribution in [1.82, 2.24) is 0 Å². The summed E-state index contributed by atoms with van der Waals surface area (Å²) < 4.78 is 10.8. The first-order valence-corrected chi connectivity index (χ1v) is 9.06. The Morgan fingerprint density at radius 3 is 2.04 bits per heavy atom. The Kier molecular flexibility index (Phi) is 5.44. The van der Waals surface area contributed by atoms with Crippen molar-refractivity contribution in [1.29, 1.82) is 0 Å². The van der Waals surface area contributed by atoms with Gasteiger partial charge < -0.3 is 15.2 Å². The van der Waals surface area contributed by atoms with Crippen LogP contribution in [0.5, 0.6) is 0 Å². The van der Waals surface area contributed by atoms with E-state index in [1.165, 1.54) is 0 Å². The smallest absolute Gasteiger partial charge is 0.376 e. The molecule has 0 radical (unpaired) electrons. The molecule has 142 valence electrons. The van der Waals surface area contributed by atoms with Crippen LogP contribution in [0.25, 0.3) is 11.1 Å². The van der Waals surface area contributed by atoms with Crippen LogP contribution in [0.1, 0.15) is 37.8 Å². The summed E-state index contributed by atoms with van der Waals surface area (Å²) in [6.45, 7) is 5.66. The Bertz CT molecular complexity index is 808. The number of hydrogen-bond acceptors (Lipinski definition) is 5. The van der Waals surface area contributed by atoms with E-state index in [4.69, 9.17) is 15.2 Å². The van der Waals surface area contributed by atoms with E-state index in [2.05, 4.69) is 12.1 Å². The topological polar surface area (TPSA) is 78.6 Å². The quantitative estimate of drug-likeness (QED) is 0.627. The molecule has 0 heterocycles. The molecule has 1 aliphatic rings. The van der Waals surface area contributed by atoms with Crippen molar-refractivity contribution in [3.05, 3.63) is 59.7 Å². The van der Waals surface area contributed by atoms with Crippen molar-refractivity contribution in [2.24, 2.45) is 5.73 Å². The van der Waals surface area contributed by atoms with E-state index in [0.29, 0.717) is 0 Å². The average molecular weight is 367 g/mol. The van der Waals surface area contributed by atoms with Gasteiger partial charge in [0.15, 0.2) is 0 Å². The SMILES string of the molecule is CC(C)(C)OC[C@@H](N)C(=O)C(=O)OCC1c2ccccc2-c2ccccc21. The lowest BCUT2D eigenvalue weighted by atomic mass is 9.98. The van der Waals surface area contributed by atoms with Crippen molar-refractivity contribution < 1.29 is 19.1 Å². The Balaban J connectivity index is 1.66. The molecule has 0 aliphatic heterocycles. The van der Waals surface area contributed by atoms with Crippen molar-refractivity contribution in [2.75, 3.05) is 13.2 Å². The first kappa shape index (κ1) is 19.3. The second-order valence-electron chi connectivity index (χ2n) is 7.72. The van der Waals surface area contributed by atoms with Crippen LogP contribution in [0.2, 0.25) is 0 Å². The van der Waals surface area contributed by atoms with Gasteiger partial charge in [-0.3, -0.25) is 4.79 Å². The maximum Gasteiger partial charge on any atom is 0.376 e. The van der Waals surface area contributed by atoms with Crippen LogP contribution in [0.3, 0.4) is 0 Å². The third-order valence-electron chi connectivity index (χ3n) is 4.58. The number of carbonyl (C=O) groups excluding carboxylic acids is 2. The van der Waals surface area contributed by atoms with Gasteiger partial charge in [0.05, 0.1) is 18.2 Å². The predicted molar refractivity (Wildman–Crippen MR) is 103 cm³/mol. The molecule has 27 heavy (non-hydrogen) atoms. The summed E-state index contributed by atoms with van der Waals surface area (Å²) in [6, 6.07) is 15.0. The molecular weight excluding hydrogens is 342 g/mol. The minimum absolute atomic E-state index is 0.0213. The molecule has 5 heteroatoms. The number of benzene rings is 2. The maximum atomic E-state index is 12.2. The summed E-state index contributed by atoms with van der Waals surface area (Å²) in [5.41, 5.74) is 9.82. The fraction of sp³-hybridized carbons (Fsp3) is 0.364. The van der Waals surface area contributed by atoms with Crippen molar-refractivity contribution in [3.8, 4) is 11.1 Å². The lowest BCUT2D eigenvalue weighted by Crippen LogP contribution is -2.42. The average Bonchev–Trinajstić information content (AvgIpc) is 2.97. The van der Waals surface area contributed by atoms with Crippen LogP contribution in [-0.2, 0) is 19.1 Å². The van der Waals surface area contributed by atoms with Crippen molar-refractivity contribution in [2.45, 2.75) is 38.3 Å². The molecule has 0 unspecified atom stereocenters. The Morgan fingerprint density at radius 2 is 1.52 bits per heavy atom. The second-order valence-corrected chi connectivity index (χ2v) is 7.72. The fourth-order valence-electron chi connectivity index (χ4n) is 3.24. The number of hydrogen-bond donors (Lipinski definition) is 1. The van der Waals surface area contributed by atoms with Gasteiger partial charge in [-0.1, -0.05) is 48.5 Å². The number of Topliss-reactive ketones (excluding diaryl/α,β-unsaturated/α-hetero) is 1. The van der Waals surface area contributed by atoms with Crippen molar-refractivity contribution >= 4 is 11.8 Å². The minimum atomic E-state index is -1.03. The number of nitrogens with two attached hydrogens (primary N) is 1. The number of ketones is 1. The molecule has 1 aliphatic carbocycles. The predicted octanol–water partition coefficient (Wildman–Crippen LogP) is 3.05. The number of esters is 1. The summed E-state index contributed by atoms with van der Waals surface area (Å²) >= 11 is 0. The minimum Gasteiger partial charge on any atom is -0.459 e. The highest BCUT2D eigenvalue weighted by atomic mass is 16.5. The first-order chi connectivity index (χ1) is 12.8. The molecule has 0 spiro atoms. The molecule has 2 N–H and O–H groups in total. The third-order valence-corrected chi connectivity index (χ3v) is 4.58. The molecule has 0 aromatic heterocycles. The third kappa shape index (κ3) is 4.26. The molecule has 0 fully saturated rings. The molecule has 0 saturated heterocycles. The van der Waals surface area contributed by atoms with Gasteiger partial charge in [-0.2, -0.15) is 0 Å². The summed E-state index contributed by atoms with van der Waals surface area (Å²) in [4.78, 5) is 24.4. The zero-order chi connectivity index (χ0) is 19.6. The highest BCUT2D eigenvalue weighted by molar-refractivity contribution is 6.35. The summed E-state index contributed by atoms with van der Waals surface area (Å²) in [5, 5.41) is 0. The number of carbonyl (C=O) groups is 2. The lowest BCUT2D eigenvalue weighted by molar-refractivity contribution is -0.155. The zero-order valence-electron chi connectivity index (χ0n) is 15.9. The van der Waals surface area contributed by atoms with Crippen LogP contribution in [-0.4, -0.2) is 36.6 Å². The number of rotatable bonds is 6. The van der Waals surface area contributed by atoms with Crippen molar-refractivity contribution in [3.63, 3.8) is 0 Å². The van der Waals surface area contributed by atoms with Gasteiger partial charge in [-0.15, -0.1) is 0 Å². The largest absolute Gasteiger partial charge is 0.459 e. The molecule has 3 rings (SSSR count). The summed E-state index contributed by atoms with van der Waals surface area (Å²) in [6.07, 6.45) is 0. The molecule has 1 atom stereocenters. The van der Waals surface area contributed by atoms with Gasteiger partial charge >= 0.3 is 5.97 Å². The highest BCUT2D eigenvalue weighted by Crippen LogP contribution is 2.44. The molecule has 5 nitrogen and oxygen atoms in total. The summed E-state index contributed by atoms with van der Waals surface area (Å²) in [5.74, 6) is -1.77. The van der Waals surface area contributed by atoms with E-state index in [-0.39, 0.29) is 19.1 Å². The van der Waals surface area contributed by atoms with Gasteiger partial charge in [-0.25, -0.2) is 4.79 Å². The fourth-order valence-corrected chi connectivity index (χ4v) is 3.24. The van der Waals surface area contributed by atoms with E-state index >= 15 is 0 Å². The Labute approximate surface area is 159 Å². The van der Waals surface area contributed by atoms with E-state index in [0.717, 1.165) is 22.3 Å². The monoisotopic (exact) mass is 367 g/mol. The van der Waals surface area contributed by atoms with E-state index in [1.54, 1.807) is 0 Å². The normalized spacial score (nSPS) is 14.4. The van der Waals surface area contributed by atoms with E-state index in [1.807, 2.05) is 57.2 Å². The van der Waals surface area contributed by atoms with Gasteiger partial charge in [0.25, 0.3) is 5.78 Å². The van der Waals surface area contributed by atoms with Crippen LogP contribution in [0, 0.1) is 0 Å². The highest BCUT2D eigenvalue weighted by Gasteiger charge is 2.31. The first-order valence-electron chi connectivity index (χ1n) is 9.06. The number of ether oxygens (including phenoxy) is 2. The Morgan fingerprint density at radius 1 is 1.00 bits per heavy atom. The van der Waals surface area contributed by atoms with Crippen LogP contribution < -0.4 is 5.73 Å². The standard InChI is InChI=1S/C22H25NO4/c1-22(2,3)27-13-19(23)20(24)21(25)26-12-18-16-10-6-4-8-14(16)15-9-5-7-11-17(15)18/h4-11,18-19H,12-13,23H2,1-3H3/t19-/m1/s1. The number of fused-ring (bicyclic) bond motifs is 3.